The number of rotatable bonds is 9. The van der Waals surface area contributed by atoms with E-state index in [1.807, 2.05) is 46.3 Å². The first-order valence-electron chi connectivity index (χ1n) is 23.4. The number of fused-ring (bicyclic) bond motifs is 1. The summed E-state index contributed by atoms with van der Waals surface area (Å²) in [5, 5.41) is 23.1. The second kappa shape index (κ2) is 16.8. The minimum Gasteiger partial charge on any atom is -0.507 e. The number of halogens is 1. The van der Waals surface area contributed by atoms with Gasteiger partial charge in [0, 0.05) is 100 Å². The van der Waals surface area contributed by atoms with E-state index in [-0.39, 0.29) is 17.6 Å². The summed E-state index contributed by atoms with van der Waals surface area (Å²) in [6.45, 7) is 3.23. The van der Waals surface area contributed by atoms with Gasteiger partial charge in [0.15, 0.2) is 5.82 Å². The molecule has 3 saturated heterocycles. The first-order chi connectivity index (χ1) is 30.6. The molecule has 3 atom stereocenters. The van der Waals surface area contributed by atoms with Crippen LogP contribution in [0, 0.1) is 0 Å². The molecule has 3 unspecified atom stereocenters. The van der Waals surface area contributed by atoms with E-state index in [4.69, 9.17) is 8.48 Å². The van der Waals surface area contributed by atoms with E-state index in [1.54, 1.807) is 18.2 Å². The van der Waals surface area contributed by atoms with Gasteiger partial charge in [0.2, 0.25) is 0 Å². The van der Waals surface area contributed by atoms with E-state index in [0.29, 0.717) is 67.1 Å². The third kappa shape index (κ3) is 8.08. The molecule has 1 saturated carbocycles. The third-order valence-electron chi connectivity index (χ3n) is 14.1. The van der Waals surface area contributed by atoms with E-state index in [9.17, 15) is 9.90 Å². The van der Waals surface area contributed by atoms with Gasteiger partial charge in [0.1, 0.15) is 11.4 Å². The number of hydrogen-bond acceptors (Lipinski definition) is 9. The monoisotopic (exact) mass is 825 g/mol. The van der Waals surface area contributed by atoms with Gasteiger partial charge in [-0.3, -0.25) is 10.1 Å². The van der Waals surface area contributed by atoms with Crippen LogP contribution in [0.1, 0.15) is 99.9 Å². The summed E-state index contributed by atoms with van der Waals surface area (Å²) in [5.74, 6) is 1.10. The van der Waals surface area contributed by atoms with Gasteiger partial charge >= 0.3 is 0 Å². The molecule has 5 aliphatic rings. The van der Waals surface area contributed by atoms with Crippen molar-refractivity contribution in [1.29, 1.82) is 0 Å². The average Bonchev–Trinajstić information content (AvgIpc) is 3.64. The fraction of sp³-hybridized carbons (Fsp3) is 0.449. The van der Waals surface area contributed by atoms with Gasteiger partial charge in [-0.2, -0.15) is 0 Å². The largest absolute Gasteiger partial charge is 0.507 e. The summed E-state index contributed by atoms with van der Waals surface area (Å²) in [4.78, 5) is 22.0. The molecule has 0 spiro atoms. The fourth-order valence-corrected chi connectivity index (χ4v) is 10.3. The van der Waals surface area contributed by atoms with Crippen molar-refractivity contribution in [3.63, 3.8) is 0 Å². The Bertz CT molecular complexity index is 2480. The molecule has 11 nitrogen and oxygen atoms in total. The molecule has 10 rings (SSSR count). The van der Waals surface area contributed by atoms with Crippen molar-refractivity contribution in [3.8, 4) is 17.0 Å². The van der Waals surface area contributed by atoms with E-state index >= 15 is 4.39 Å². The zero-order valence-electron chi connectivity index (χ0n) is 36.8. The molecular formula is C49H58FN9O2. The Balaban J connectivity index is 0.731. The first kappa shape index (κ1) is 37.3. The lowest BCUT2D eigenvalue weighted by Gasteiger charge is -2.41. The van der Waals surface area contributed by atoms with Crippen LogP contribution >= 0.6 is 0 Å². The Morgan fingerprint density at radius 2 is 1.72 bits per heavy atom. The summed E-state index contributed by atoms with van der Waals surface area (Å²) in [7, 11) is 0. The number of nitrogens with zero attached hydrogens (tertiary/aromatic N) is 7. The van der Waals surface area contributed by atoms with E-state index in [1.165, 1.54) is 35.7 Å². The maximum atomic E-state index is 16.5. The summed E-state index contributed by atoms with van der Waals surface area (Å²) < 4.78 is 35.5. The minimum absolute atomic E-state index is 0.0414. The van der Waals surface area contributed by atoms with Crippen molar-refractivity contribution >= 4 is 34.0 Å². The van der Waals surface area contributed by atoms with Crippen molar-refractivity contribution in [2.24, 2.45) is 0 Å². The predicted octanol–water partition coefficient (Wildman–Crippen LogP) is 8.20. The predicted molar refractivity (Wildman–Crippen MR) is 241 cm³/mol. The van der Waals surface area contributed by atoms with Gasteiger partial charge in [-0.15, -0.1) is 10.2 Å². The smallest absolute Gasteiger partial charge is 0.253 e. The van der Waals surface area contributed by atoms with Crippen LogP contribution in [0.25, 0.3) is 22.2 Å². The molecule has 1 aliphatic carbocycles. The van der Waals surface area contributed by atoms with Crippen molar-refractivity contribution < 1.29 is 17.0 Å². The molecule has 0 radical (unpaired) electrons. The lowest BCUT2D eigenvalue weighted by Crippen LogP contribution is -2.50. The Labute approximate surface area is 360 Å². The van der Waals surface area contributed by atoms with Crippen molar-refractivity contribution in [3.05, 3.63) is 108 Å². The van der Waals surface area contributed by atoms with E-state index < -0.39 is 18.8 Å². The fourth-order valence-electron chi connectivity index (χ4n) is 10.3. The van der Waals surface area contributed by atoms with Crippen LogP contribution in [0.3, 0.4) is 0 Å². The van der Waals surface area contributed by atoms with Gasteiger partial charge in [-0.05, 0) is 118 Å². The molecule has 4 N–H and O–H groups in total. The SMILES string of the molecule is [2H]C1C=CN(c2ccc3c(C4CCN(CC5(F)CCN(C(=O)c6ccc(C7CCCN(c8cc(-c9ccccc9O)nnc8N)C7)cc6)CC5)CC4)cn(C4CCC4)c3c2)C([2H])N1. The number of para-hydroxylation sites is 1. The average molecular weight is 826 g/mol. The van der Waals surface area contributed by atoms with Crippen LogP contribution in [-0.4, -0.2) is 100 Å². The zero-order valence-corrected chi connectivity index (χ0v) is 34.8. The molecule has 3 aromatic carbocycles. The number of phenols is 1. The quantitative estimate of drug-likeness (QED) is 0.135. The number of nitrogens with two attached hydrogens (primary N) is 1. The Morgan fingerprint density at radius 1 is 0.918 bits per heavy atom. The minimum atomic E-state index is -1.32. The van der Waals surface area contributed by atoms with Crippen LogP contribution in [0.5, 0.6) is 5.75 Å². The number of anilines is 3. The van der Waals surface area contributed by atoms with Crippen LogP contribution < -0.4 is 20.9 Å². The number of likely N-dealkylation sites (tertiary alicyclic amines) is 2. The van der Waals surface area contributed by atoms with Gasteiger partial charge in [0.25, 0.3) is 5.91 Å². The zero-order chi connectivity index (χ0) is 43.2. The number of piperidine rings is 3. The molecule has 1 amide bonds. The molecule has 5 aromatic rings. The summed E-state index contributed by atoms with van der Waals surface area (Å²) >= 11 is 0. The molecule has 6 heterocycles. The Kier molecular flexibility index (Phi) is 10.3. The number of amides is 1. The van der Waals surface area contributed by atoms with Crippen LogP contribution in [0.4, 0.5) is 21.6 Å². The molecule has 12 heteroatoms. The number of aromatic hydroxyl groups is 1. The van der Waals surface area contributed by atoms with Crippen LogP contribution in [0.2, 0.25) is 0 Å². The first-order valence-corrected chi connectivity index (χ1v) is 22.3. The Morgan fingerprint density at radius 3 is 2.48 bits per heavy atom. The summed E-state index contributed by atoms with van der Waals surface area (Å²) in [5.41, 5.74) is 12.3. The summed E-state index contributed by atoms with van der Waals surface area (Å²) in [6, 6.07) is 24.0. The highest BCUT2D eigenvalue weighted by molar-refractivity contribution is 5.94. The van der Waals surface area contributed by atoms with Gasteiger partial charge < -0.3 is 35.0 Å². The van der Waals surface area contributed by atoms with E-state index in [0.717, 1.165) is 68.8 Å². The van der Waals surface area contributed by atoms with Gasteiger partial charge in [-0.1, -0.05) is 36.4 Å². The summed E-state index contributed by atoms with van der Waals surface area (Å²) in [6.07, 6.45) is 14.2. The second-order valence-electron chi connectivity index (χ2n) is 17.9. The van der Waals surface area contributed by atoms with Crippen molar-refractivity contribution in [1.82, 2.24) is 29.9 Å². The number of nitrogens with one attached hydrogen (secondary N) is 1. The number of carbonyl (C=O) groups excluding carboxylic acids is 1. The highest BCUT2D eigenvalue weighted by Gasteiger charge is 2.39. The Hall–Kier alpha value is -5.46. The highest BCUT2D eigenvalue weighted by atomic mass is 19.1. The number of phenolic OH excluding ortho intramolecular Hbond substituents is 1. The van der Waals surface area contributed by atoms with E-state index in [2.05, 4.69) is 66.4 Å². The molecular weight excluding hydrogens is 766 g/mol. The van der Waals surface area contributed by atoms with Crippen LogP contribution in [-0.2, 0) is 0 Å². The third-order valence-corrected chi connectivity index (χ3v) is 14.1. The van der Waals surface area contributed by atoms with Gasteiger partial charge in [0.05, 0.1) is 24.9 Å². The highest BCUT2D eigenvalue weighted by Crippen LogP contribution is 2.42. The number of carbonyl (C=O) groups is 1. The topological polar surface area (TPSA) is 119 Å². The molecule has 318 valence electrons. The van der Waals surface area contributed by atoms with Crippen molar-refractivity contribution in [2.75, 3.05) is 74.5 Å². The van der Waals surface area contributed by atoms with Crippen molar-refractivity contribution in [2.45, 2.75) is 81.3 Å². The number of aromatic nitrogens is 3. The number of benzene rings is 3. The molecule has 4 aliphatic heterocycles. The lowest BCUT2D eigenvalue weighted by molar-refractivity contribution is 0.0176. The maximum absolute atomic E-state index is 16.5. The number of nitrogen functional groups attached to an aromatic ring is 1. The lowest BCUT2D eigenvalue weighted by atomic mass is 9.87. The molecule has 0 bridgehead atoms. The van der Waals surface area contributed by atoms with Gasteiger partial charge in [-0.25, -0.2) is 4.39 Å². The molecule has 61 heavy (non-hydrogen) atoms. The maximum Gasteiger partial charge on any atom is 0.253 e. The number of hydrogen-bond donors (Lipinski definition) is 3. The molecule has 2 aromatic heterocycles. The number of alkyl halides is 1. The normalized spacial score (nSPS) is 24.4. The standard InChI is InChI=1S/C49H58FN9O2/c50-49(32-55-24-17-35(18-25-55)42-31-59(38-7-3-8-38)44-28-39(15-16-40(42)44)58-23-5-21-52-33-58)19-26-56(27-20-49)48(61)36-13-11-34(12-14-36)37-6-4-22-57(30-37)45-29-43(53-54-47(45)51)41-9-1-2-10-46(41)60/h1-2,5,9-16,23,28-29,31,35,37-38,52,60H,3-4,6-8,17-22,24-27,30,32-33H2,(H2,51,54)/i21D,33D. The van der Waals surface area contributed by atoms with Crippen LogP contribution in [0.15, 0.2) is 91.3 Å². The second-order valence-corrected chi connectivity index (χ2v) is 17.9. The molecule has 4 fully saturated rings.